The van der Waals surface area contributed by atoms with Gasteiger partial charge in [0.1, 0.15) is 5.69 Å². The van der Waals surface area contributed by atoms with Crippen molar-refractivity contribution >= 4 is 21.7 Å². The molecule has 1 aromatic heterocycles. The van der Waals surface area contributed by atoms with Gasteiger partial charge in [0.05, 0.1) is 11.5 Å². The maximum Gasteiger partial charge on any atom is 0.272 e. The zero-order valence-corrected chi connectivity index (χ0v) is 14.6. The van der Waals surface area contributed by atoms with Crippen molar-refractivity contribution < 1.29 is 13.2 Å². The molecule has 8 heteroatoms. The molecule has 7 nitrogen and oxygen atoms in total. The average Bonchev–Trinajstić information content (AvgIpc) is 2.86. The Morgan fingerprint density at radius 3 is 2.83 bits per heavy atom. The molecule has 1 saturated heterocycles. The van der Waals surface area contributed by atoms with Gasteiger partial charge in [-0.25, -0.2) is 18.4 Å². The summed E-state index contributed by atoms with van der Waals surface area (Å²) in [5, 5.41) is 3.10. The molecule has 1 aliphatic rings. The molecule has 1 N–H and O–H groups in total. The van der Waals surface area contributed by atoms with E-state index < -0.39 is 9.84 Å². The molecule has 1 fully saturated rings. The zero-order valence-electron chi connectivity index (χ0n) is 13.8. The third-order valence-corrected chi connectivity index (χ3v) is 5.71. The molecule has 0 aliphatic carbocycles. The maximum atomic E-state index is 12.5. The lowest BCUT2D eigenvalue weighted by molar-refractivity contribution is 0.0741. The van der Waals surface area contributed by atoms with Crippen LogP contribution in [0.15, 0.2) is 12.3 Å². The fraction of sp³-hybridized carbons (Fsp3) is 0.667. The Morgan fingerprint density at radius 2 is 2.22 bits per heavy atom. The minimum Gasteiger partial charge on any atom is -0.354 e. The number of rotatable bonds is 6. The molecule has 1 aromatic rings. The summed E-state index contributed by atoms with van der Waals surface area (Å²) in [6.07, 6.45) is 3.01. The predicted molar refractivity (Wildman–Crippen MR) is 89.1 cm³/mol. The molecule has 128 valence electrons. The molecule has 0 radical (unpaired) electrons. The largest absolute Gasteiger partial charge is 0.354 e. The molecule has 23 heavy (non-hydrogen) atoms. The second-order valence-corrected chi connectivity index (χ2v) is 8.58. The summed E-state index contributed by atoms with van der Waals surface area (Å²) in [4.78, 5) is 22.3. The van der Waals surface area contributed by atoms with Crippen LogP contribution in [0, 0.1) is 5.92 Å². The van der Waals surface area contributed by atoms with Crippen molar-refractivity contribution in [3.05, 3.63) is 18.0 Å². The fourth-order valence-corrected chi connectivity index (χ4v) is 4.24. The fourth-order valence-electron chi connectivity index (χ4n) is 2.46. The lowest BCUT2D eigenvalue weighted by atomic mass is 10.1. The third-order valence-electron chi connectivity index (χ3n) is 3.96. The van der Waals surface area contributed by atoms with Crippen LogP contribution in [-0.2, 0) is 9.84 Å². The molecule has 0 saturated carbocycles. The number of hydrogen-bond donors (Lipinski definition) is 1. The molecule has 0 aromatic carbocycles. The smallest absolute Gasteiger partial charge is 0.272 e. The minimum atomic E-state index is -3.02. The number of sulfone groups is 1. The Hall–Kier alpha value is -1.70. The second kappa shape index (κ2) is 7.25. The maximum absolute atomic E-state index is 12.5. The number of carbonyl (C=O) groups is 1. The number of hydrogen-bond acceptors (Lipinski definition) is 6. The highest BCUT2D eigenvalue weighted by Crippen LogP contribution is 2.18. The summed E-state index contributed by atoms with van der Waals surface area (Å²) in [5.41, 5.74) is 0.277. The minimum absolute atomic E-state index is 0.0276. The number of nitrogens with zero attached hydrogens (tertiary/aromatic N) is 3. The van der Waals surface area contributed by atoms with E-state index in [1.807, 2.05) is 0 Å². The van der Waals surface area contributed by atoms with Crippen LogP contribution in [0.25, 0.3) is 0 Å². The van der Waals surface area contributed by atoms with Gasteiger partial charge in [-0.3, -0.25) is 4.79 Å². The van der Waals surface area contributed by atoms with Crippen LogP contribution in [0.5, 0.6) is 0 Å². The van der Waals surface area contributed by atoms with Gasteiger partial charge in [0, 0.05) is 25.8 Å². The van der Waals surface area contributed by atoms with E-state index in [0.717, 1.165) is 13.0 Å². The van der Waals surface area contributed by atoms with Crippen molar-refractivity contribution in [2.75, 3.05) is 30.4 Å². The quantitative estimate of drug-likeness (QED) is 0.836. The summed E-state index contributed by atoms with van der Waals surface area (Å²) in [6, 6.07) is 1.27. The van der Waals surface area contributed by atoms with Crippen molar-refractivity contribution in [1.82, 2.24) is 14.9 Å². The van der Waals surface area contributed by atoms with Crippen LogP contribution in [0.2, 0.25) is 0 Å². The lowest BCUT2D eigenvalue weighted by Crippen LogP contribution is -2.38. The second-order valence-electron chi connectivity index (χ2n) is 6.35. The molecule has 1 atom stereocenters. The summed E-state index contributed by atoms with van der Waals surface area (Å²) in [7, 11) is -1.40. The van der Waals surface area contributed by atoms with E-state index in [9.17, 15) is 13.2 Å². The summed E-state index contributed by atoms with van der Waals surface area (Å²) in [6.45, 7) is 5.01. The van der Waals surface area contributed by atoms with E-state index in [2.05, 4.69) is 29.1 Å². The summed E-state index contributed by atoms with van der Waals surface area (Å²) in [5.74, 6) is 0.883. The van der Waals surface area contributed by atoms with E-state index in [4.69, 9.17) is 0 Å². The zero-order chi connectivity index (χ0) is 17.0. The van der Waals surface area contributed by atoms with Crippen LogP contribution in [0.4, 0.5) is 5.95 Å². The monoisotopic (exact) mass is 340 g/mol. The summed E-state index contributed by atoms with van der Waals surface area (Å²) >= 11 is 0. The molecule has 2 heterocycles. The van der Waals surface area contributed by atoms with Crippen molar-refractivity contribution in [2.45, 2.75) is 32.7 Å². The standard InChI is InChI=1S/C15H24N4O3S/c1-11(2)4-7-16-15-17-8-5-13(18-15)14(20)19(3)12-6-9-23(21,22)10-12/h5,8,11-12H,4,6-7,9-10H2,1-3H3,(H,16,17,18). The summed E-state index contributed by atoms with van der Waals surface area (Å²) < 4.78 is 23.1. The molecular weight excluding hydrogens is 316 g/mol. The molecule has 0 spiro atoms. The van der Waals surface area contributed by atoms with Gasteiger partial charge >= 0.3 is 0 Å². The number of carbonyl (C=O) groups excluding carboxylic acids is 1. The Kier molecular flexibility index (Phi) is 5.56. The molecule has 2 rings (SSSR count). The Balaban J connectivity index is 2.01. The molecule has 1 amide bonds. The van der Waals surface area contributed by atoms with Gasteiger partial charge in [-0.05, 0) is 24.8 Å². The van der Waals surface area contributed by atoms with Crippen LogP contribution in [-0.4, -0.2) is 60.3 Å². The first-order chi connectivity index (χ1) is 10.8. The lowest BCUT2D eigenvalue weighted by Gasteiger charge is -2.23. The van der Waals surface area contributed by atoms with Gasteiger partial charge in [-0.2, -0.15) is 0 Å². The van der Waals surface area contributed by atoms with Crippen LogP contribution < -0.4 is 5.32 Å². The number of aromatic nitrogens is 2. The van der Waals surface area contributed by atoms with Crippen LogP contribution in [0.1, 0.15) is 37.2 Å². The molecule has 1 aliphatic heterocycles. The van der Waals surface area contributed by atoms with Crippen molar-refractivity contribution in [3.63, 3.8) is 0 Å². The van der Waals surface area contributed by atoms with Gasteiger partial charge < -0.3 is 10.2 Å². The van der Waals surface area contributed by atoms with E-state index in [-0.39, 0.29) is 29.1 Å². The van der Waals surface area contributed by atoms with Gasteiger partial charge in [0.25, 0.3) is 5.91 Å². The average molecular weight is 340 g/mol. The molecular formula is C15H24N4O3S. The van der Waals surface area contributed by atoms with Crippen molar-refractivity contribution in [1.29, 1.82) is 0 Å². The number of amides is 1. The normalized spacial score (nSPS) is 19.7. The SMILES string of the molecule is CC(C)CCNc1nccc(C(=O)N(C)C2CCS(=O)(=O)C2)n1. The first kappa shape index (κ1) is 17.7. The van der Waals surface area contributed by atoms with Gasteiger partial charge in [0.2, 0.25) is 5.95 Å². The third kappa shape index (κ3) is 4.89. The highest BCUT2D eigenvalue weighted by atomic mass is 32.2. The number of anilines is 1. The van der Waals surface area contributed by atoms with E-state index in [1.165, 1.54) is 11.1 Å². The van der Waals surface area contributed by atoms with Gasteiger partial charge in [-0.1, -0.05) is 13.8 Å². The highest BCUT2D eigenvalue weighted by Gasteiger charge is 2.33. The van der Waals surface area contributed by atoms with Gasteiger partial charge in [-0.15, -0.1) is 0 Å². The van der Waals surface area contributed by atoms with Crippen LogP contribution >= 0.6 is 0 Å². The predicted octanol–water partition coefficient (Wildman–Crippen LogP) is 1.19. The van der Waals surface area contributed by atoms with E-state index in [0.29, 0.717) is 18.3 Å². The van der Waals surface area contributed by atoms with E-state index in [1.54, 1.807) is 13.1 Å². The Labute approximate surface area is 137 Å². The van der Waals surface area contributed by atoms with Gasteiger partial charge in [0.15, 0.2) is 9.84 Å². The van der Waals surface area contributed by atoms with E-state index >= 15 is 0 Å². The number of nitrogens with one attached hydrogen (secondary N) is 1. The molecule has 0 bridgehead atoms. The highest BCUT2D eigenvalue weighted by molar-refractivity contribution is 7.91. The first-order valence-corrected chi connectivity index (χ1v) is 9.65. The van der Waals surface area contributed by atoms with Crippen molar-refractivity contribution in [3.8, 4) is 0 Å². The first-order valence-electron chi connectivity index (χ1n) is 7.83. The Bertz CT molecular complexity index is 660. The Morgan fingerprint density at radius 1 is 1.48 bits per heavy atom. The topological polar surface area (TPSA) is 92.3 Å². The molecule has 1 unspecified atom stereocenters. The van der Waals surface area contributed by atoms with Crippen molar-refractivity contribution in [2.24, 2.45) is 5.92 Å². The van der Waals surface area contributed by atoms with Crippen LogP contribution in [0.3, 0.4) is 0 Å².